The molecule has 0 spiro atoms. The number of halogens is 2. The van der Waals surface area contributed by atoms with Crippen molar-refractivity contribution in [3.8, 4) is 0 Å². The molecule has 0 aromatic heterocycles. The van der Waals surface area contributed by atoms with Crippen molar-refractivity contribution in [1.29, 1.82) is 0 Å². The Kier molecular flexibility index (Phi) is 4.87. The number of benzene rings is 1. The van der Waals surface area contributed by atoms with Crippen molar-refractivity contribution in [2.75, 3.05) is 6.61 Å². The van der Waals surface area contributed by atoms with Crippen molar-refractivity contribution in [3.63, 3.8) is 0 Å². The molecule has 1 aromatic carbocycles. The fourth-order valence-electron chi connectivity index (χ4n) is 1.49. The minimum absolute atomic E-state index is 0.0576. The Bertz CT molecular complexity index is 326. The van der Waals surface area contributed by atoms with Gasteiger partial charge in [-0.1, -0.05) is 36.2 Å². The lowest BCUT2D eigenvalue weighted by atomic mass is 9.92. The predicted octanol–water partition coefficient (Wildman–Crippen LogP) is 3.01. The van der Waals surface area contributed by atoms with Crippen molar-refractivity contribution in [1.82, 2.24) is 0 Å². The van der Waals surface area contributed by atoms with Gasteiger partial charge < -0.3 is 10.8 Å². The van der Waals surface area contributed by atoms with Crippen LogP contribution in [-0.4, -0.2) is 11.7 Å². The predicted molar refractivity (Wildman–Crippen MR) is 64.3 cm³/mol. The topological polar surface area (TPSA) is 46.2 Å². The maximum Gasteiger partial charge on any atom is 0.0595 e. The molecule has 15 heavy (non-hydrogen) atoms. The Morgan fingerprint density at radius 2 is 2.00 bits per heavy atom. The van der Waals surface area contributed by atoms with E-state index in [1.165, 1.54) is 0 Å². The van der Waals surface area contributed by atoms with E-state index in [9.17, 15) is 0 Å². The van der Waals surface area contributed by atoms with E-state index in [1.807, 2.05) is 13.0 Å². The van der Waals surface area contributed by atoms with E-state index in [4.69, 9.17) is 34.0 Å². The van der Waals surface area contributed by atoms with E-state index in [0.717, 1.165) is 12.0 Å². The van der Waals surface area contributed by atoms with Crippen molar-refractivity contribution >= 4 is 23.2 Å². The standard InChI is InChI=1S/C11H15Cl2NO/c1-2-7(6-15)11(14)8-3-4-9(12)10(13)5-8/h3-5,7,11,15H,2,6,14H2,1H3. The first-order valence-electron chi connectivity index (χ1n) is 4.91. The van der Waals surface area contributed by atoms with Gasteiger partial charge in [0, 0.05) is 18.6 Å². The Morgan fingerprint density at radius 3 is 2.47 bits per heavy atom. The van der Waals surface area contributed by atoms with Crippen LogP contribution in [-0.2, 0) is 0 Å². The molecule has 0 bridgehead atoms. The SMILES string of the molecule is CCC(CO)C(N)c1ccc(Cl)c(Cl)c1. The minimum atomic E-state index is -0.199. The van der Waals surface area contributed by atoms with Gasteiger partial charge in [-0.05, 0) is 24.1 Å². The molecule has 0 saturated carbocycles. The van der Waals surface area contributed by atoms with E-state index >= 15 is 0 Å². The van der Waals surface area contributed by atoms with Gasteiger partial charge in [0.25, 0.3) is 0 Å². The highest BCUT2D eigenvalue weighted by Gasteiger charge is 2.17. The average Bonchev–Trinajstić information content (AvgIpc) is 2.23. The zero-order valence-electron chi connectivity index (χ0n) is 8.58. The third-order valence-electron chi connectivity index (χ3n) is 2.60. The van der Waals surface area contributed by atoms with Crippen molar-refractivity contribution < 1.29 is 5.11 Å². The summed E-state index contributed by atoms with van der Waals surface area (Å²) in [5.74, 6) is 0.0576. The molecule has 4 heteroatoms. The number of aliphatic hydroxyl groups excluding tert-OH is 1. The Balaban J connectivity index is 2.90. The van der Waals surface area contributed by atoms with E-state index in [-0.39, 0.29) is 18.6 Å². The van der Waals surface area contributed by atoms with E-state index in [1.54, 1.807) is 12.1 Å². The van der Waals surface area contributed by atoms with Gasteiger partial charge in [-0.15, -0.1) is 0 Å². The van der Waals surface area contributed by atoms with Crippen LogP contribution in [0.15, 0.2) is 18.2 Å². The molecule has 1 rings (SSSR count). The molecule has 1 aromatic rings. The molecule has 0 heterocycles. The third-order valence-corrected chi connectivity index (χ3v) is 3.33. The quantitative estimate of drug-likeness (QED) is 0.860. The van der Waals surface area contributed by atoms with Crippen LogP contribution >= 0.6 is 23.2 Å². The molecular formula is C11H15Cl2NO. The Hall–Kier alpha value is -0.280. The number of hydrogen-bond acceptors (Lipinski definition) is 2. The van der Waals surface area contributed by atoms with Gasteiger partial charge in [-0.3, -0.25) is 0 Å². The first kappa shape index (κ1) is 12.8. The first-order chi connectivity index (χ1) is 7.10. The molecule has 0 fully saturated rings. The van der Waals surface area contributed by atoms with Crippen LogP contribution in [0, 0.1) is 5.92 Å². The van der Waals surface area contributed by atoms with Crippen LogP contribution in [0.2, 0.25) is 10.0 Å². The molecule has 3 N–H and O–H groups in total. The Morgan fingerprint density at radius 1 is 1.33 bits per heavy atom. The van der Waals surface area contributed by atoms with Gasteiger partial charge in [0.1, 0.15) is 0 Å². The maximum atomic E-state index is 9.14. The van der Waals surface area contributed by atoms with Crippen LogP contribution in [0.5, 0.6) is 0 Å². The zero-order chi connectivity index (χ0) is 11.4. The fraction of sp³-hybridized carbons (Fsp3) is 0.455. The normalized spacial score (nSPS) is 15.0. The molecule has 84 valence electrons. The summed E-state index contributed by atoms with van der Waals surface area (Å²) in [6.07, 6.45) is 0.831. The largest absolute Gasteiger partial charge is 0.396 e. The van der Waals surface area contributed by atoms with Crippen LogP contribution in [0.4, 0.5) is 0 Å². The summed E-state index contributed by atoms with van der Waals surface area (Å²) in [7, 11) is 0. The van der Waals surface area contributed by atoms with Gasteiger partial charge >= 0.3 is 0 Å². The second kappa shape index (κ2) is 5.71. The fourth-order valence-corrected chi connectivity index (χ4v) is 1.80. The van der Waals surface area contributed by atoms with Gasteiger partial charge in [0.2, 0.25) is 0 Å². The van der Waals surface area contributed by atoms with E-state index < -0.39 is 0 Å². The summed E-state index contributed by atoms with van der Waals surface area (Å²) in [4.78, 5) is 0. The molecule has 0 aliphatic carbocycles. The summed E-state index contributed by atoms with van der Waals surface area (Å²) < 4.78 is 0. The molecule has 0 amide bonds. The molecule has 0 saturated heterocycles. The molecule has 0 aliphatic heterocycles. The molecular weight excluding hydrogens is 233 g/mol. The van der Waals surface area contributed by atoms with Gasteiger partial charge in [0.15, 0.2) is 0 Å². The van der Waals surface area contributed by atoms with Crippen molar-refractivity contribution in [2.45, 2.75) is 19.4 Å². The van der Waals surface area contributed by atoms with Crippen molar-refractivity contribution in [2.24, 2.45) is 11.7 Å². The molecule has 2 atom stereocenters. The maximum absolute atomic E-state index is 9.14. The highest BCUT2D eigenvalue weighted by atomic mass is 35.5. The van der Waals surface area contributed by atoms with Crippen molar-refractivity contribution in [3.05, 3.63) is 33.8 Å². The summed E-state index contributed by atoms with van der Waals surface area (Å²) in [5, 5.41) is 10.2. The number of aliphatic hydroxyl groups is 1. The second-order valence-corrected chi connectivity index (χ2v) is 4.36. The lowest BCUT2D eigenvalue weighted by Crippen LogP contribution is -2.23. The van der Waals surface area contributed by atoms with Crippen LogP contribution in [0.1, 0.15) is 24.9 Å². The first-order valence-corrected chi connectivity index (χ1v) is 5.67. The average molecular weight is 248 g/mol. The summed E-state index contributed by atoms with van der Waals surface area (Å²) in [6.45, 7) is 2.08. The van der Waals surface area contributed by atoms with Gasteiger partial charge in [0.05, 0.1) is 10.0 Å². The summed E-state index contributed by atoms with van der Waals surface area (Å²) >= 11 is 11.7. The number of nitrogens with two attached hydrogens (primary N) is 1. The second-order valence-electron chi connectivity index (χ2n) is 3.55. The lowest BCUT2D eigenvalue weighted by Gasteiger charge is -2.21. The van der Waals surface area contributed by atoms with Gasteiger partial charge in [-0.2, -0.15) is 0 Å². The molecule has 0 aliphatic rings. The smallest absolute Gasteiger partial charge is 0.0595 e. The van der Waals surface area contributed by atoms with Gasteiger partial charge in [-0.25, -0.2) is 0 Å². The Labute approximate surface area is 100.0 Å². The van der Waals surface area contributed by atoms with Crippen LogP contribution in [0.25, 0.3) is 0 Å². The van der Waals surface area contributed by atoms with Crippen LogP contribution < -0.4 is 5.73 Å². The zero-order valence-corrected chi connectivity index (χ0v) is 10.1. The minimum Gasteiger partial charge on any atom is -0.396 e. The lowest BCUT2D eigenvalue weighted by molar-refractivity contribution is 0.200. The summed E-state index contributed by atoms with van der Waals surface area (Å²) in [6, 6.07) is 5.13. The molecule has 2 unspecified atom stereocenters. The highest BCUT2D eigenvalue weighted by Crippen LogP contribution is 2.28. The van der Waals surface area contributed by atoms with E-state index in [2.05, 4.69) is 0 Å². The molecule has 0 radical (unpaired) electrons. The number of hydrogen-bond donors (Lipinski definition) is 2. The number of rotatable bonds is 4. The monoisotopic (exact) mass is 247 g/mol. The third kappa shape index (κ3) is 3.08. The molecule has 2 nitrogen and oxygen atoms in total. The highest BCUT2D eigenvalue weighted by molar-refractivity contribution is 6.42. The van der Waals surface area contributed by atoms with E-state index in [0.29, 0.717) is 10.0 Å². The summed E-state index contributed by atoms with van der Waals surface area (Å²) in [5.41, 5.74) is 6.93. The van der Waals surface area contributed by atoms with Crippen LogP contribution in [0.3, 0.4) is 0 Å².